The third kappa shape index (κ3) is 4.75. The summed E-state index contributed by atoms with van der Waals surface area (Å²) in [6, 6.07) is 10.6. The molecule has 0 spiro atoms. The lowest BCUT2D eigenvalue weighted by Gasteiger charge is -2.09. The zero-order chi connectivity index (χ0) is 27.0. The highest BCUT2D eigenvalue weighted by atomic mass is 19.4. The minimum absolute atomic E-state index is 0.139. The fourth-order valence-electron chi connectivity index (χ4n) is 4.53. The van der Waals surface area contributed by atoms with E-state index in [2.05, 4.69) is 15.0 Å². The Kier molecular flexibility index (Phi) is 6.68. The Morgan fingerprint density at radius 3 is 2.39 bits per heavy atom. The summed E-state index contributed by atoms with van der Waals surface area (Å²) in [6.45, 7) is 4.78. The molecule has 8 nitrogen and oxygen atoms in total. The molecule has 0 bridgehead atoms. The zero-order valence-corrected chi connectivity index (χ0v) is 20.9. The summed E-state index contributed by atoms with van der Waals surface area (Å²) in [7, 11) is 0. The molecule has 0 aliphatic carbocycles. The lowest BCUT2D eigenvalue weighted by molar-refractivity contribution is -0.137. The van der Waals surface area contributed by atoms with Crippen LogP contribution >= 0.6 is 0 Å². The molecule has 1 aliphatic rings. The highest BCUT2D eigenvalue weighted by Gasteiger charge is 2.31. The molecule has 5 rings (SSSR count). The van der Waals surface area contributed by atoms with E-state index in [0.717, 1.165) is 17.7 Å². The molecule has 11 heteroatoms. The molecule has 198 valence electrons. The predicted molar refractivity (Wildman–Crippen MR) is 138 cm³/mol. The average Bonchev–Trinajstić information content (AvgIpc) is 3.52. The monoisotopic (exact) mass is 525 g/mol. The van der Waals surface area contributed by atoms with Crippen molar-refractivity contribution in [1.29, 1.82) is 0 Å². The van der Waals surface area contributed by atoms with Gasteiger partial charge in [-0.15, -0.1) is 0 Å². The van der Waals surface area contributed by atoms with E-state index in [1.807, 2.05) is 13.8 Å². The van der Waals surface area contributed by atoms with E-state index in [4.69, 9.17) is 4.74 Å². The summed E-state index contributed by atoms with van der Waals surface area (Å²) >= 11 is 0. The molecule has 0 unspecified atom stereocenters. The Morgan fingerprint density at radius 1 is 1.00 bits per heavy atom. The number of imidazole rings is 1. The fourth-order valence-corrected chi connectivity index (χ4v) is 4.53. The Labute approximate surface area is 215 Å². The Morgan fingerprint density at radius 2 is 1.71 bits per heavy atom. The van der Waals surface area contributed by atoms with Crippen molar-refractivity contribution in [2.24, 2.45) is 4.99 Å². The fraction of sp³-hybridized carbons (Fsp3) is 0.333. The number of nitrogens with one attached hydrogen (secondary N) is 1. The van der Waals surface area contributed by atoms with Crippen LogP contribution in [0.2, 0.25) is 0 Å². The number of aliphatic imine (C=N–C) groups is 1. The summed E-state index contributed by atoms with van der Waals surface area (Å²) in [5.41, 5.74) is 1.53. The van der Waals surface area contributed by atoms with E-state index in [0.29, 0.717) is 66.5 Å². The van der Waals surface area contributed by atoms with Crippen molar-refractivity contribution < 1.29 is 17.9 Å². The van der Waals surface area contributed by atoms with Gasteiger partial charge in [-0.05, 0) is 54.8 Å². The molecule has 0 amide bonds. The van der Waals surface area contributed by atoms with Crippen LogP contribution in [0.3, 0.4) is 0 Å². The number of ether oxygens (including phenoxy) is 1. The van der Waals surface area contributed by atoms with E-state index in [1.165, 1.54) is 15.2 Å². The third-order valence-corrected chi connectivity index (χ3v) is 6.37. The number of aromatic amines is 1. The minimum Gasteiger partial charge on any atom is -0.488 e. The van der Waals surface area contributed by atoms with Crippen molar-refractivity contribution in [1.82, 2.24) is 19.1 Å². The topological polar surface area (TPSA) is 94.3 Å². The molecule has 2 aromatic carbocycles. The van der Waals surface area contributed by atoms with Crippen LogP contribution in [0.25, 0.3) is 22.6 Å². The van der Waals surface area contributed by atoms with Crippen LogP contribution in [-0.2, 0) is 25.7 Å². The van der Waals surface area contributed by atoms with Gasteiger partial charge in [0.25, 0.3) is 5.56 Å². The lowest BCUT2D eigenvalue weighted by Crippen LogP contribution is -2.40. The first-order valence-electron chi connectivity index (χ1n) is 12.4. The van der Waals surface area contributed by atoms with Crippen molar-refractivity contribution in [3.63, 3.8) is 0 Å². The highest BCUT2D eigenvalue weighted by Crippen LogP contribution is 2.35. The van der Waals surface area contributed by atoms with E-state index in [1.54, 1.807) is 24.3 Å². The van der Waals surface area contributed by atoms with Crippen LogP contribution in [0.5, 0.6) is 5.75 Å². The van der Waals surface area contributed by atoms with Gasteiger partial charge in [-0.1, -0.05) is 19.9 Å². The Bertz CT molecular complexity index is 1650. The number of fused-ring (bicyclic) bond motifs is 2. The van der Waals surface area contributed by atoms with Gasteiger partial charge in [0.05, 0.1) is 17.0 Å². The molecule has 0 saturated carbocycles. The van der Waals surface area contributed by atoms with Crippen molar-refractivity contribution in [3.05, 3.63) is 74.4 Å². The van der Waals surface area contributed by atoms with Crippen LogP contribution in [-0.4, -0.2) is 31.4 Å². The molecule has 0 atom stereocenters. The van der Waals surface area contributed by atoms with Crippen LogP contribution in [0, 0.1) is 0 Å². The minimum atomic E-state index is -4.41. The highest BCUT2D eigenvalue weighted by molar-refractivity contribution is 5.95. The first kappa shape index (κ1) is 25.5. The van der Waals surface area contributed by atoms with Crippen molar-refractivity contribution >= 4 is 22.6 Å². The Hall–Kier alpha value is -4.15. The molecule has 3 heterocycles. The van der Waals surface area contributed by atoms with Gasteiger partial charge in [0, 0.05) is 25.1 Å². The van der Waals surface area contributed by atoms with Crippen molar-refractivity contribution in [2.75, 3.05) is 6.61 Å². The maximum atomic E-state index is 13.0. The standard InChI is InChI=1S/C27H26F3N5O3/c1-3-11-34-24-22(25(36)35(12-4-2)26(34)37)32-23(33-24)16-6-9-20(10-7-16)38-15-19-13-17-5-8-18(27(28,29)30)14-21(17)31-19/h5-10,14H,3-4,11-13,15H2,1-2H3,(H,32,33). The number of aryl methyl sites for hydroxylation is 1. The van der Waals surface area contributed by atoms with Crippen LogP contribution in [0.15, 0.2) is 57.0 Å². The number of alkyl halides is 3. The van der Waals surface area contributed by atoms with Crippen LogP contribution in [0.1, 0.15) is 37.8 Å². The van der Waals surface area contributed by atoms with Crippen molar-refractivity contribution in [3.8, 4) is 17.1 Å². The number of rotatable bonds is 8. The number of benzene rings is 2. The zero-order valence-electron chi connectivity index (χ0n) is 20.9. The van der Waals surface area contributed by atoms with Gasteiger partial charge in [-0.3, -0.25) is 18.9 Å². The van der Waals surface area contributed by atoms with Crippen molar-refractivity contribution in [2.45, 2.75) is 52.4 Å². The maximum Gasteiger partial charge on any atom is 0.416 e. The molecular formula is C27H26F3N5O3. The SMILES string of the molecule is CCCn1c(=O)c2[nH]c(-c3ccc(OCC4=Nc5cc(C(F)(F)F)ccc5C4)cc3)nc2n(CCC)c1=O. The lowest BCUT2D eigenvalue weighted by atomic mass is 10.1. The Balaban J connectivity index is 1.34. The molecule has 38 heavy (non-hydrogen) atoms. The summed E-state index contributed by atoms with van der Waals surface area (Å²) < 4.78 is 47.5. The van der Waals surface area contributed by atoms with Gasteiger partial charge in [-0.2, -0.15) is 13.2 Å². The first-order chi connectivity index (χ1) is 18.2. The molecule has 0 radical (unpaired) electrons. The number of nitrogens with zero attached hydrogens (tertiary/aromatic N) is 4. The van der Waals surface area contributed by atoms with Gasteiger partial charge in [0.1, 0.15) is 23.7 Å². The van der Waals surface area contributed by atoms with E-state index < -0.39 is 17.3 Å². The number of aromatic nitrogens is 4. The first-order valence-corrected chi connectivity index (χ1v) is 12.4. The number of hydrogen-bond acceptors (Lipinski definition) is 5. The molecule has 4 aromatic rings. The van der Waals surface area contributed by atoms with Gasteiger partial charge in [0.15, 0.2) is 5.65 Å². The summed E-state index contributed by atoms with van der Waals surface area (Å²) in [5.74, 6) is 1.01. The van der Waals surface area contributed by atoms with Gasteiger partial charge in [0.2, 0.25) is 0 Å². The number of H-pyrrole nitrogens is 1. The van der Waals surface area contributed by atoms with Gasteiger partial charge < -0.3 is 9.72 Å². The van der Waals surface area contributed by atoms with E-state index in [9.17, 15) is 22.8 Å². The molecule has 0 fully saturated rings. The van der Waals surface area contributed by atoms with E-state index >= 15 is 0 Å². The molecule has 1 N–H and O–H groups in total. The van der Waals surface area contributed by atoms with Gasteiger partial charge >= 0.3 is 11.9 Å². The summed E-state index contributed by atoms with van der Waals surface area (Å²) in [6.07, 6.45) is -2.61. The average molecular weight is 526 g/mol. The molecule has 1 aliphatic heterocycles. The molecule has 2 aromatic heterocycles. The largest absolute Gasteiger partial charge is 0.488 e. The molecule has 0 saturated heterocycles. The normalized spacial score (nSPS) is 13.1. The quantitative estimate of drug-likeness (QED) is 0.346. The summed E-state index contributed by atoms with van der Waals surface area (Å²) in [5, 5.41) is 0. The van der Waals surface area contributed by atoms with Crippen LogP contribution in [0.4, 0.5) is 18.9 Å². The summed E-state index contributed by atoms with van der Waals surface area (Å²) in [4.78, 5) is 37.8. The van der Waals surface area contributed by atoms with E-state index in [-0.39, 0.29) is 17.8 Å². The second-order valence-corrected chi connectivity index (χ2v) is 9.18. The third-order valence-electron chi connectivity index (χ3n) is 6.37. The number of hydrogen-bond donors (Lipinski definition) is 1. The number of halogens is 3. The second-order valence-electron chi connectivity index (χ2n) is 9.18. The molecular weight excluding hydrogens is 499 g/mol. The van der Waals surface area contributed by atoms with Gasteiger partial charge in [-0.25, -0.2) is 9.78 Å². The smallest absolute Gasteiger partial charge is 0.416 e. The van der Waals surface area contributed by atoms with Crippen LogP contribution < -0.4 is 16.0 Å². The second kappa shape index (κ2) is 9.96. The predicted octanol–water partition coefficient (Wildman–Crippen LogP) is 5.10. The maximum absolute atomic E-state index is 13.0.